The first-order chi connectivity index (χ1) is 13.7. The van der Waals surface area contributed by atoms with Gasteiger partial charge in [0.25, 0.3) is 5.91 Å². The molecule has 2 aromatic heterocycles. The van der Waals surface area contributed by atoms with Gasteiger partial charge in [0, 0.05) is 23.0 Å². The van der Waals surface area contributed by atoms with Crippen LogP contribution in [0, 0.1) is 6.92 Å². The Balaban J connectivity index is 1.95. The van der Waals surface area contributed by atoms with E-state index in [1.54, 1.807) is 25.1 Å². The number of ether oxygens (including phenoxy) is 1. The van der Waals surface area contributed by atoms with Gasteiger partial charge in [0.2, 0.25) is 5.88 Å². The molecule has 0 spiro atoms. The van der Waals surface area contributed by atoms with Crippen LogP contribution in [0.4, 0.5) is 18.9 Å². The number of aromatic nitrogens is 3. The Morgan fingerprint density at radius 1 is 1.17 bits per heavy atom. The van der Waals surface area contributed by atoms with E-state index in [0.717, 1.165) is 5.56 Å². The second-order valence-electron chi connectivity index (χ2n) is 6.03. The zero-order valence-corrected chi connectivity index (χ0v) is 15.8. The summed E-state index contributed by atoms with van der Waals surface area (Å²) in [4.78, 5) is 23.8. The van der Waals surface area contributed by atoms with Crippen LogP contribution < -0.4 is 10.1 Å². The van der Waals surface area contributed by atoms with Gasteiger partial charge in [0.05, 0.1) is 17.4 Å². The molecule has 0 saturated carbocycles. The highest BCUT2D eigenvalue weighted by Gasteiger charge is 2.29. The maximum Gasteiger partial charge on any atom is 0.422 e. The molecule has 29 heavy (non-hydrogen) atoms. The largest absolute Gasteiger partial charge is 0.468 e. The number of hydrogen-bond donors (Lipinski definition) is 1. The molecule has 0 aliphatic heterocycles. The maximum absolute atomic E-state index is 12.6. The third kappa shape index (κ3) is 5.41. The summed E-state index contributed by atoms with van der Waals surface area (Å²) in [5.41, 5.74) is 2.02. The smallest absolute Gasteiger partial charge is 0.422 e. The van der Waals surface area contributed by atoms with Crippen LogP contribution in [0.15, 0.2) is 49.2 Å². The van der Waals surface area contributed by atoms with Gasteiger partial charge in [0.15, 0.2) is 6.61 Å². The van der Waals surface area contributed by atoms with E-state index >= 15 is 0 Å². The van der Waals surface area contributed by atoms with Crippen molar-refractivity contribution in [1.29, 1.82) is 0 Å². The number of halogens is 4. The molecule has 0 unspecified atom stereocenters. The fourth-order valence-electron chi connectivity index (χ4n) is 2.42. The lowest BCUT2D eigenvalue weighted by molar-refractivity contribution is -0.154. The van der Waals surface area contributed by atoms with E-state index in [0.29, 0.717) is 10.6 Å². The Labute approximate surface area is 168 Å². The SMILES string of the molecule is Cc1cc(-c2cc(NC(=O)c3cncnc3)cnc2OCC(F)(F)F)ccc1Cl. The van der Waals surface area contributed by atoms with Crippen molar-refractivity contribution in [1.82, 2.24) is 15.0 Å². The molecule has 1 amide bonds. The van der Waals surface area contributed by atoms with Gasteiger partial charge in [-0.1, -0.05) is 17.7 Å². The molecule has 3 rings (SSSR count). The van der Waals surface area contributed by atoms with Crippen LogP contribution in [0.2, 0.25) is 5.02 Å². The number of nitrogens with zero attached hydrogens (tertiary/aromatic N) is 3. The number of hydrogen-bond acceptors (Lipinski definition) is 5. The molecule has 0 fully saturated rings. The van der Waals surface area contributed by atoms with Gasteiger partial charge >= 0.3 is 6.18 Å². The zero-order valence-electron chi connectivity index (χ0n) is 15.0. The first-order valence-corrected chi connectivity index (χ1v) is 8.63. The minimum absolute atomic E-state index is 0.216. The average Bonchev–Trinajstić information content (AvgIpc) is 2.69. The van der Waals surface area contributed by atoms with Gasteiger partial charge in [0.1, 0.15) is 6.33 Å². The van der Waals surface area contributed by atoms with Crippen molar-refractivity contribution < 1.29 is 22.7 Å². The van der Waals surface area contributed by atoms with Gasteiger partial charge in [-0.3, -0.25) is 4.79 Å². The highest BCUT2D eigenvalue weighted by atomic mass is 35.5. The second kappa shape index (κ2) is 8.44. The van der Waals surface area contributed by atoms with E-state index in [1.165, 1.54) is 31.0 Å². The first-order valence-electron chi connectivity index (χ1n) is 8.25. The van der Waals surface area contributed by atoms with Crippen LogP contribution in [-0.4, -0.2) is 33.6 Å². The molecule has 0 bridgehead atoms. The lowest BCUT2D eigenvalue weighted by atomic mass is 10.0. The Hall–Kier alpha value is -3.20. The molecule has 0 atom stereocenters. The topological polar surface area (TPSA) is 77.0 Å². The van der Waals surface area contributed by atoms with Crippen LogP contribution in [0.1, 0.15) is 15.9 Å². The molecule has 1 aromatic carbocycles. The van der Waals surface area contributed by atoms with E-state index in [2.05, 4.69) is 20.3 Å². The number of anilines is 1. The van der Waals surface area contributed by atoms with Crippen LogP contribution in [0.5, 0.6) is 5.88 Å². The van der Waals surface area contributed by atoms with Crippen molar-refractivity contribution in [2.24, 2.45) is 0 Å². The van der Waals surface area contributed by atoms with Crippen LogP contribution >= 0.6 is 11.6 Å². The minimum atomic E-state index is -4.52. The summed E-state index contributed by atoms with van der Waals surface area (Å²) in [6.07, 6.45) is 0.640. The predicted octanol–water partition coefficient (Wildman–Crippen LogP) is 4.69. The molecule has 150 valence electrons. The molecule has 3 aromatic rings. The van der Waals surface area contributed by atoms with Crippen LogP contribution in [0.3, 0.4) is 0 Å². The normalized spacial score (nSPS) is 11.2. The van der Waals surface area contributed by atoms with Gasteiger partial charge in [-0.15, -0.1) is 0 Å². The van der Waals surface area contributed by atoms with Crippen molar-refractivity contribution >= 4 is 23.2 Å². The molecular weight excluding hydrogens is 409 g/mol. The average molecular weight is 423 g/mol. The summed E-state index contributed by atoms with van der Waals surface area (Å²) in [6, 6.07) is 6.41. The number of aryl methyl sites for hydroxylation is 1. The van der Waals surface area contributed by atoms with Gasteiger partial charge in [-0.25, -0.2) is 15.0 Å². The molecule has 0 saturated heterocycles. The predicted molar refractivity (Wildman–Crippen MR) is 101 cm³/mol. The number of benzene rings is 1. The monoisotopic (exact) mass is 422 g/mol. The molecule has 0 radical (unpaired) electrons. The molecular formula is C19H14ClF3N4O2. The highest BCUT2D eigenvalue weighted by molar-refractivity contribution is 6.31. The van der Waals surface area contributed by atoms with E-state index in [4.69, 9.17) is 16.3 Å². The third-order valence-electron chi connectivity index (χ3n) is 3.77. The van der Waals surface area contributed by atoms with E-state index in [9.17, 15) is 18.0 Å². The quantitative estimate of drug-likeness (QED) is 0.645. The van der Waals surface area contributed by atoms with E-state index in [1.807, 2.05) is 0 Å². The Morgan fingerprint density at radius 2 is 1.90 bits per heavy atom. The summed E-state index contributed by atoms with van der Waals surface area (Å²) < 4.78 is 42.6. The summed E-state index contributed by atoms with van der Waals surface area (Å²) in [5.74, 6) is -0.709. The fraction of sp³-hybridized carbons (Fsp3) is 0.158. The molecule has 6 nitrogen and oxygen atoms in total. The lowest BCUT2D eigenvalue weighted by Crippen LogP contribution is -2.20. The minimum Gasteiger partial charge on any atom is -0.468 e. The van der Waals surface area contributed by atoms with E-state index in [-0.39, 0.29) is 22.7 Å². The highest BCUT2D eigenvalue weighted by Crippen LogP contribution is 2.33. The van der Waals surface area contributed by atoms with Crippen LogP contribution in [0.25, 0.3) is 11.1 Å². The number of carbonyl (C=O) groups excluding carboxylic acids is 1. The number of pyridine rings is 1. The molecule has 0 aliphatic rings. The fourth-order valence-corrected chi connectivity index (χ4v) is 2.54. The Kier molecular flexibility index (Phi) is 5.97. The van der Waals surface area contributed by atoms with Gasteiger partial charge in [-0.05, 0) is 36.2 Å². The standard InChI is InChI=1S/C19H14ClF3N4O2/c1-11-4-12(2-3-16(11)20)15-5-14(8-26-18(15)29-9-19(21,22)23)27-17(28)13-6-24-10-25-7-13/h2-8,10H,9H2,1H3,(H,27,28). The van der Waals surface area contributed by atoms with Crippen molar-refractivity contribution in [3.05, 3.63) is 65.3 Å². The van der Waals surface area contributed by atoms with Crippen molar-refractivity contribution in [3.63, 3.8) is 0 Å². The summed E-state index contributed by atoms with van der Waals surface area (Å²) in [5, 5.41) is 3.12. The zero-order chi connectivity index (χ0) is 21.0. The lowest BCUT2D eigenvalue weighted by Gasteiger charge is -2.14. The number of alkyl halides is 3. The van der Waals surface area contributed by atoms with Gasteiger partial charge < -0.3 is 10.1 Å². The summed E-state index contributed by atoms with van der Waals surface area (Å²) >= 11 is 6.03. The summed E-state index contributed by atoms with van der Waals surface area (Å²) in [7, 11) is 0. The first kappa shape index (κ1) is 20.5. The molecule has 2 heterocycles. The summed E-state index contributed by atoms with van der Waals surface area (Å²) in [6.45, 7) is 0.267. The van der Waals surface area contributed by atoms with Crippen molar-refractivity contribution in [3.8, 4) is 17.0 Å². The Morgan fingerprint density at radius 3 is 2.55 bits per heavy atom. The number of carbonyl (C=O) groups is 1. The van der Waals surface area contributed by atoms with Crippen molar-refractivity contribution in [2.75, 3.05) is 11.9 Å². The van der Waals surface area contributed by atoms with Crippen molar-refractivity contribution in [2.45, 2.75) is 13.1 Å². The Bertz CT molecular complexity index is 1030. The molecule has 10 heteroatoms. The van der Waals surface area contributed by atoms with Gasteiger partial charge in [-0.2, -0.15) is 13.2 Å². The maximum atomic E-state index is 12.6. The van der Waals surface area contributed by atoms with Crippen LogP contribution in [-0.2, 0) is 0 Å². The number of rotatable bonds is 5. The van der Waals surface area contributed by atoms with E-state index < -0.39 is 18.7 Å². The number of amides is 1. The number of nitrogens with one attached hydrogen (secondary N) is 1. The second-order valence-corrected chi connectivity index (χ2v) is 6.43. The molecule has 0 aliphatic carbocycles. The third-order valence-corrected chi connectivity index (χ3v) is 4.20. The molecule has 1 N–H and O–H groups in total.